The molecule has 2 nitrogen and oxygen atoms in total. The number of hydrogen-bond donors (Lipinski definition) is 1. The molecule has 1 saturated heterocycles. The maximum Gasteiger partial charge on any atom is 0.130 e. The van der Waals surface area contributed by atoms with Crippen LogP contribution in [0.5, 0.6) is 0 Å². The number of nitrogens with two attached hydrogens (primary N) is 1. The standard InChI is InChI=1S/C15H22F2N2/c1-10-6-7-19(12(8-10)9-18)11(2)15-13(16)4-3-5-14(15)17/h3-5,10-12H,6-9,18H2,1-2H3. The van der Waals surface area contributed by atoms with Gasteiger partial charge in [0.2, 0.25) is 0 Å². The second kappa shape index (κ2) is 5.97. The number of nitrogens with zero attached hydrogens (tertiary/aromatic N) is 1. The van der Waals surface area contributed by atoms with Crippen LogP contribution in [0.15, 0.2) is 18.2 Å². The Morgan fingerprint density at radius 1 is 1.37 bits per heavy atom. The molecule has 2 rings (SSSR count). The molecule has 4 heteroatoms. The van der Waals surface area contributed by atoms with Gasteiger partial charge in [-0.05, 0) is 44.4 Å². The van der Waals surface area contributed by atoms with Gasteiger partial charge in [-0.1, -0.05) is 13.0 Å². The molecule has 1 aliphatic heterocycles. The number of rotatable bonds is 3. The Morgan fingerprint density at radius 2 is 2.00 bits per heavy atom. The van der Waals surface area contributed by atoms with Gasteiger partial charge in [0.15, 0.2) is 0 Å². The van der Waals surface area contributed by atoms with Gasteiger partial charge in [0.1, 0.15) is 11.6 Å². The highest BCUT2D eigenvalue weighted by Gasteiger charge is 2.31. The summed E-state index contributed by atoms with van der Waals surface area (Å²) in [6.45, 7) is 5.44. The molecule has 1 fully saturated rings. The summed E-state index contributed by atoms with van der Waals surface area (Å²) in [5.74, 6) is -0.314. The van der Waals surface area contributed by atoms with Crippen LogP contribution in [0.4, 0.5) is 8.78 Å². The highest BCUT2D eigenvalue weighted by Crippen LogP contribution is 2.32. The summed E-state index contributed by atoms with van der Waals surface area (Å²) in [6.07, 6.45) is 2.05. The van der Waals surface area contributed by atoms with Crippen LogP contribution in [0.2, 0.25) is 0 Å². The van der Waals surface area contributed by atoms with Crippen LogP contribution in [-0.4, -0.2) is 24.0 Å². The lowest BCUT2D eigenvalue weighted by Crippen LogP contribution is -2.47. The maximum absolute atomic E-state index is 13.9. The quantitative estimate of drug-likeness (QED) is 0.912. The van der Waals surface area contributed by atoms with E-state index >= 15 is 0 Å². The summed E-state index contributed by atoms with van der Waals surface area (Å²) in [7, 11) is 0. The van der Waals surface area contributed by atoms with Crippen molar-refractivity contribution in [2.24, 2.45) is 11.7 Å². The smallest absolute Gasteiger partial charge is 0.130 e. The molecular formula is C15H22F2N2. The van der Waals surface area contributed by atoms with E-state index < -0.39 is 11.6 Å². The summed E-state index contributed by atoms with van der Waals surface area (Å²) in [4.78, 5) is 2.14. The maximum atomic E-state index is 13.9. The van der Waals surface area contributed by atoms with Crippen molar-refractivity contribution in [2.45, 2.75) is 38.8 Å². The lowest BCUT2D eigenvalue weighted by atomic mass is 9.90. The highest BCUT2D eigenvalue weighted by atomic mass is 19.1. The number of piperidine rings is 1. The highest BCUT2D eigenvalue weighted by molar-refractivity contribution is 5.23. The lowest BCUT2D eigenvalue weighted by Gasteiger charge is -2.42. The largest absolute Gasteiger partial charge is 0.329 e. The summed E-state index contributed by atoms with van der Waals surface area (Å²) >= 11 is 0. The first-order valence-corrected chi connectivity index (χ1v) is 6.94. The van der Waals surface area contributed by atoms with E-state index in [0.29, 0.717) is 12.5 Å². The Morgan fingerprint density at radius 3 is 2.58 bits per heavy atom. The minimum Gasteiger partial charge on any atom is -0.329 e. The molecule has 0 bridgehead atoms. The molecule has 0 spiro atoms. The minimum atomic E-state index is -0.470. The predicted molar refractivity (Wildman–Crippen MR) is 72.7 cm³/mol. The fourth-order valence-corrected chi connectivity index (χ4v) is 3.09. The zero-order valence-electron chi connectivity index (χ0n) is 11.6. The molecule has 1 aromatic rings. The number of halogens is 2. The van der Waals surface area contributed by atoms with Crippen molar-refractivity contribution in [1.29, 1.82) is 0 Å². The fraction of sp³-hybridized carbons (Fsp3) is 0.600. The summed E-state index contributed by atoms with van der Waals surface area (Å²) < 4.78 is 27.7. The zero-order valence-corrected chi connectivity index (χ0v) is 11.6. The Labute approximate surface area is 113 Å². The van der Waals surface area contributed by atoms with Crippen molar-refractivity contribution in [3.05, 3.63) is 35.4 Å². The number of likely N-dealkylation sites (tertiary alicyclic amines) is 1. The van der Waals surface area contributed by atoms with Gasteiger partial charge in [0, 0.05) is 24.2 Å². The Hall–Kier alpha value is -1.00. The third-order valence-electron chi connectivity index (χ3n) is 4.21. The molecule has 0 saturated carbocycles. The molecule has 0 aromatic heterocycles. The Bertz CT molecular complexity index is 416. The van der Waals surface area contributed by atoms with E-state index in [0.717, 1.165) is 19.4 Å². The molecule has 1 aromatic carbocycles. The van der Waals surface area contributed by atoms with Gasteiger partial charge in [-0.15, -0.1) is 0 Å². The minimum absolute atomic E-state index is 0.163. The summed E-state index contributed by atoms with van der Waals surface area (Å²) in [6, 6.07) is 3.97. The molecule has 0 radical (unpaired) electrons. The molecule has 0 amide bonds. The van der Waals surface area contributed by atoms with Crippen molar-refractivity contribution < 1.29 is 8.78 Å². The first-order chi connectivity index (χ1) is 9.04. The third kappa shape index (κ3) is 2.95. The second-order valence-corrected chi connectivity index (χ2v) is 5.57. The van der Waals surface area contributed by atoms with E-state index in [2.05, 4.69) is 11.8 Å². The van der Waals surface area contributed by atoms with Crippen molar-refractivity contribution >= 4 is 0 Å². The predicted octanol–water partition coefficient (Wildman–Crippen LogP) is 3.09. The van der Waals surface area contributed by atoms with Crippen LogP contribution in [0.3, 0.4) is 0 Å². The molecular weight excluding hydrogens is 246 g/mol. The van der Waals surface area contributed by atoms with Crippen LogP contribution in [0, 0.1) is 17.6 Å². The first-order valence-electron chi connectivity index (χ1n) is 6.94. The molecule has 1 aliphatic rings. The molecule has 1 heterocycles. The topological polar surface area (TPSA) is 29.3 Å². The van der Waals surface area contributed by atoms with Gasteiger partial charge in [0.25, 0.3) is 0 Å². The molecule has 2 N–H and O–H groups in total. The molecule has 0 aliphatic carbocycles. The van der Waals surface area contributed by atoms with E-state index in [9.17, 15) is 8.78 Å². The van der Waals surface area contributed by atoms with E-state index in [1.165, 1.54) is 18.2 Å². The Kier molecular flexibility index (Phi) is 4.53. The SMILES string of the molecule is CC1CCN(C(C)c2c(F)cccc2F)C(CN)C1. The fourth-order valence-electron chi connectivity index (χ4n) is 3.09. The average molecular weight is 268 g/mol. The first kappa shape index (κ1) is 14.4. The average Bonchev–Trinajstić information content (AvgIpc) is 2.38. The van der Waals surface area contributed by atoms with Crippen LogP contribution in [0.25, 0.3) is 0 Å². The molecule has 19 heavy (non-hydrogen) atoms. The van der Waals surface area contributed by atoms with Crippen molar-refractivity contribution in [2.75, 3.05) is 13.1 Å². The normalized spacial score (nSPS) is 26.4. The van der Waals surface area contributed by atoms with Crippen molar-refractivity contribution in [3.63, 3.8) is 0 Å². The van der Waals surface area contributed by atoms with Crippen molar-refractivity contribution in [3.8, 4) is 0 Å². The van der Waals surface area contributed by atoms with E-state index in [-0.39, 0.29) is 17.6 Å². The molecule has 106 valence electrons. The molecule has 3 atom stereocenters. The van der Waals surface area contributed by atoms with Gasteiger partial charge < -0.3 is 5.73 Å². The van der Waals surface area contributed by atoms with Gasteiger partial charge in [-0.25, -0.2) is 8.78 Å². The van der Waals surface area contributed by atoms with Crippen LogP contribution >= 0.6 is 0 Å². The lowest BCUT2D eigenvalue weighted by molar-refractivity contribution is 0.0801. The number of hydrogen-bond acceptors (Lipinski definition) is 2. The number of benzene rings is 1. The van der Waals surface area contributed by atoms with Crippen molar-refractivity contribution in [1.82, 2.24) is 4.90 Å². The Balaban J connectivity index is 2.25. The van der Waals surface area contributed by atoms with Gasteiger partial charge in [-0.3, -0.25) is 4.90 Å². The zero-order chi connectivity index (χ0) is 14.0. The summed E-state index contributed by atoms with van der Waals surface area (Å²) in [5, 5.41) is 0. The van der Waals surface area contributed by atoms with Gasteiger partial charge in [-0.2, -0.15) is 0 Å². The van der Waals surface area contributed by atoms with E-state index in [4.69, 9.17) is 5.73 Å². The summed E-state index contributed by atoms with van der Waals surface area (Å²) in [5.41, 5.74) is 5.98. The van der Waals surface area contributed by atoms with E-state index in [1.54, 1.807) is 0 Å². The van der Waals surface area contributed by atoms with Crippen LogP contribution < -0.4 is 5.73 Å². The third-order valence-corrected chi connectivity index (χ3v) is 4.21. The van der Waals surface area contributed by atoms with Crippen LogP contribution in [-0.2, 0) is 0 Å². The molecule has 3 unspecified atom stereocenters. The van der Waals surface area contributed by atoms with Gasteiger partial charge >= 0.3 is 0 Å². The van der Waals surface area contributed by atoms with Gasteiger partial charge in [0.05, 0.1) is 0 Å². The second-order valence-electron chi connectivity index (χ2n) is 5.57. The van der Waals surface area contributed by atoms with E-state index in [1.807, 2.05) is 6.92 Å². The monoisotopic (exact) mass is 268 g/mol. The van der Waals surface area contributed by atoms with Crippen LogP contribution in [0.1, 0.15) is 38.3 Å².